The predicted molar refractivity (Wildman–Crippen MR) is 89.0 cm³/mol. The van der Waals surface area contributed by atoms with Crippen molar-refractivity contribution in [2.24, 2.45) is 0 Å². The number of ether oxygens (including phenoxy) is 3. The Kier molecular flexibility index (Phi) is 4.78. The highest BCUT2D eigenvalue weighted by Gasteiger charge is 2.14. The fourth-order valence-electron chi connectivity index (χ4n) is 2.19. The first-order chi connectivity index (χ1) is 11.2. The van der Waals surface area contributed by atoms with Crippen LogP contribution >= 0.6 is 0 Å². The zero-order chi connectivity index (χ0) is 16.1. The molecule has 0 amide bonds. The van der Waals surface area contributed by atoms with E-state index >= 15 is 0 Å². The lowest BCUT2D eigenvalue weighted by Crippen LogP contribution is -2.19. The molecule has 5 heteroatoms. The molecule has 1 atom stereocenters. The first kappa shape index (κ1) is 15.4. The number of aromatic nitrogens is 1. The van der Waals surface area contributed by atoms with Crippen molar-refractivity contribution < 1.29 is 14.2 Å². The van der Waals surface area contributed by atoms with E-state index in [2.05, 4.69) is 23.3 Å². The molecule has 0 fully saturated rings. The van der Waals surface area contributed by atoms with Gasteiger partial charge in [-0.3, -0.25) is 4.98 Å². The smallest absolute Gasteiger partial charge is 0.231 e. The molecule has 1 aromatic heterocycles. The van der Waals surface area contributed by atoms with E-state index in [0.717, 1.165) is 17.7 Å². The fraction of sp³-hybridized carbons (Fsp3) is 0.278. The Morgan fingerprint density at radius 1 is 1.22 bits per heavy atom. The van der Waals surface area contributed by atoms with Crippen LogP contribution in [0.5, 0.6) is 23.0 Å². The molecule has 2 aromatic rings. The van der Waals surface area contributed by atoms with E-state index in [9.17, 15) is 0 Å². The predicted octanol–water partition coefficient (Wildman–Crippen LogP) is 3.61. The molecule has 2 heterocycles. The molecule has 23 heavy (non-hydrogen) atoms. The van der Waals surface area contributed by atoms with E-state index in [0.29, 0.717) is 23.3 Å². The van der Waals surface area contributed by atoms with E-state index in [1.54, 1.807) is 6.20 Å². The number of rotatable bonds is 6. The standard InChI is InChI=1S/C18H20N2O3/c1-13(19-2)4-3-5-14-8-16(11-20-10-14)23-15-6-7-17-18(9-15)22-12-21-17/h3,5-11,13,19H,4,12H2,1-2H3. The van der Waals surface area contributed by atoms with Gasteiger partial charge in [-0.25, -0.2) is 0 Å². The van der Waals surface area contributed by atoms with Crippen LogP contribution in [-0.2, 0) is 0 Å². The number of nitrogens with zero attached hydrogens (tertiary/aromatic N) is 1. The molecule has 120 valence electrons. The molecule has 1 aliphatic rings. The number of nitrogens with one attached hydrogen (secondary N) is 1. The van der Waals surface area contributed by atoms with Crippen LogP contribution in [0.1, 0.15) is 18.9 Å². The summed E-state index contributed by atoms with van der Waals surface area (Å²) in [7, 11) is 1.96. The Hall–Kier alpha value is -2.53. The zero-order valence-corrected chi connectivity index (χ0v) is 13.3. The summed E-state index contributed by atoms with van der Waals surface area (Å²) in [5.74, 6) is 2.83. The summed E-state index contributed by atoms with van der Waals surface area (Å²) in [6, 6.07) is 7.92. The Balaban J connectivity index is 1.68. The Bertz CT molecular complexity index is 700. The minimum atomic E-state index is 0.256. The summed E-state index contributed by atoms with van der Waals surface area (Å²) < 4.78 is 16.5. The largest absolute Gasteiger partial charge is 0.456 e. The average Bonchev–Trinajstić information content (AvgIpc) is 3.03. The van der Waals surface area contributed by atoms with Crippen molar-refractivity contribution in [2.45, 2.75) is 19.4 Å². The normalized spacial score (nSPS) is 14.2. The van der Waals surface area contributed by atoms with Crippen molar-refractivity contribution in [3.8, 4) is 23.0 Å². The summed E-state index contributed by atoms with van der Waals surface area (Å²) in [5, 5.41) is 3.20. The second-order valence-corrected chi connectivity index (χ2v) is 5.40. The van der Waals surface area contributed by atoms with Crippen molar-refractivity contribution in [3.05, 3.63) is 48.3 Å². The first-order valence-corrected chi connectivity index (χ1v) is 7.61. The molecule has 0 bridgehead atoms. The third kappa shape index (κ3) is 4.02. The van der Waals surface area contributed by atoms with Gasteiger partial charge in [0.1, 0.15) is 11.5 Å². The zero-order valence-electron chi connectivity index (χ0n) is 13.3. The summed E-state index contributed by atoms with van der Waals surface area (Å²) in [5.41, 5.74) is 1.01. The number of hydrogen-bond donors (Lipinski definition) is 1. The number of fused-ring (bicyclic) bond motifs is 1. The molecule has 3 rings (SSSR count). The average molecular weight is 312 g/mol. The van der Waals surface area contributed by atoms with Crippen LogP contribution in [0, 0.1) is 0 Å². The van der Waals surface area contributed by atoms with Gasteiger partial charge in [0.2, 0.25) is 6.79 Å². The van der Waals surface area contributed by atoms with E-state index in [1.807, 2.05) is 43.6 Å². The van der Waals surface area contributed by atoms with Gasteiger partial charge in [0, 0.05) is 18.3 Å². The molecule has 1 N–H and O–H groups in total. The van der Waals surface area contributed by atoms with Crippen molar-refractivity contribution in [1.29, 1.82) is 0 Å². The minimum absolute atomic E-state index is 0.256. The quantitative estimate of drug-likeness (QED) is 0.883. The van der Waals surface area contributed by atoms with Crippen LogP contribution in [0.25, 0.3) is 6.08 Å². The van der Waals surface area contributed by atoms with Gasteiger partial charge in [0.25, 0.3) is 0 Å². The van der Waals surface area contributed by atoms with Gasteiger partial charge in [-0.05, 0) is 44.2 Å². The van der Waals surface area contributed by atoms with Gasteiger partial charge >= 0.3 is 0 Å². The van der Waals surface area contributed by atoms with E-state index in [-0.39, 0.29) is 6.79 Å². The summed E-state index contributed by atoms with van der Waals surface area (Å²) in [6.07, 6.45) is 8.64. The van der Waals surface area contributed by atoms with Gasteiger partial charge in [-0.2, -0.15) is 0 Å². The molecule has 0 radical (unpaired) electrons. The maximum atomic E-state index is 5.85. The highest BCUT2D eigenvalue weighted by atomic mass is 16.7. The number of benzene rings is 1. The van der Waals surface area contributed by atoms with Gasteiger partial charge in [0.05, 0.1) is 6.20 Å². The van der Waals surface area contributed by atoms with Crippen molar-refractivity contribution in [2.75, 3.05) is 13.8 Å². The molecule has 1 aliphatic heterocycles. The van der Waals surface area contributed by atoms with Crippen LogP contribution in [0.2, 0.25) is 0 Å². The molecular formula is C18H20N2O3. The second-order valence-electron chi connectivity index (χ2n) is 5.40. The SMILES string of the molecule is CNC(C)CC=Cc1cncc(Oc2ccc3c(c2)OCO3)c1. The molecule has 5 nitrogen and oxygen atoms in total. The van der Waals surface area contributed by atoms with Crippen molar-refractivity contribution in [1.82, 2.24) is 10.3 Å². The van der Waals surface area contributed by atoms with E-state index in [4.69, 9.17) is 14.2 Å². The molecule has 0 saturated heterocycles. The van der Waals surface area contributed by atoms with Crippen LogP contribution in [0.15, 0.2) is 42.7 Å². The van der Waals surface area contributed by atoms with E-state index in [1.165, 1.54) is 0 Å². The number of hydrogen-bond acceptors (Lipinski definition) is 5. The van der Waals surface area contributed by atoms with Crippen LogP contribution in [0.3, 0.4) is 0 Å². The van der Waals surface area contributed by atoms with Gasteiger partial charge in [0.15, 0.2) is 11.5 Å². The Labute approximate surface area is 135 Å². The fourth-order valence-corrected chi connectivity index (χ4v) is 2.19. The summed E-state index contributed by atoms with van der Waals surface area (Å²) in [4.78, 5) is 4.22. The lowest BCUT2D eigenvalue weighted by molar-refractivity contribution is 0.174. The highest BCUT2D eigenvalue weighted by Crippen LogP contribution is 2.36. The Morgan fingerprint density at radius 3 is 2.96 bits per heavy atom. The third-order valence-electron chi connectivity index (χ3n) is 3.61. The molecular weight excluding hydrogens is 292 g/mol. The van der Waals surface area contributed by atoms with Gasteiger partial charge in [-0.15, -0.1) is 0 Å². The van der Waals surface area contributed by atoms with Crippen LogP contribution in [0.4, 0.5) is 0 Å². The molecule has 0 aliphatic carbocycles. The molecule has 1 aromatic carbocycles. The monoisotopic (exact) mass is 312 g/mol. The minimum Gasteiger partial charge on any atom is -0.456 e. The lowest BCUT2D eigenvalue weighted by atomic mass is 10.2. The van der Waals surface area contributed by atoms with Gasteiger partial charge in [-0.1, -0.05) is 12.2 Å². The second kappa shape index (κ2) is 7.15. The van der Waals surface area contributed by atoms with Crippen LogP contribution < -0.4 is 19.5 Å². The number of pyridine rings is 1. The third-order valence-corrected chi connectivity index (χ3v) is 3.61. The van der Waals surface area contributed by atoms with E-state index < -0.39 is 0 Å². The van der Waals surface area contributed by atoms with Gasteiger partial charge < -0.3 is 19.5 Å². The maximum absolute atomic E-state index is 5.85. The van der Waals surface area contributed by atoms with Crippen molar-refractivity contribution >= 4 is 6.08 Å². The maximum Gasteiger partial charge on any atom is 0.231 e. The topological polar surface area (TPSA) is 52.6 Å². The lowest BCUT2D eigenvalue weighted by Gasteiger charge is -2.07. The Morgan fingerprint density at radius 2 is 2.09 bits per heavy atom. The molecule has 0 saturated carbocycles. The first-order valence-electron chi connectivity index (χ1n) is 7.61. The molecule has 1 unspecified atom stereocenters. The summed E-state index contributed by atoms with van der Waals surface area (Å²) in [6.45, 7) is 2.40. The highest BCUT2D eigenvalue weighted by molar-refractivity contribution is 5.51. The molecule has 0 spiro atoms. The van der Waals surface area contributed by atoms with Crippen molar-refractivity contribution in [3.63, 3.8) is 0 Å². The summed E-state index contributed by atoms with van der Waals surface area (Å²) >= 11 is 0. The van der Waals surface area contributed by atoms with Crippen LogP contribution in [-0.4, -0.2) is 24.9 Å².